The molecule has 11 aliphatic carbocycles. The van der Waals surface area contributed by atoms with E-state index in [0.29, 0.717) is 7.92 Å². The quantitative estimate of drug-likeness (QED) is 0.0484. The molecule has 21 rings (SSSR count). The molecule has 9 saturated carbocycles. The molecule has 0 atom stereocenters. The van der Waals surface area contributed by atoms with Gasteiger partial charge in [0.05, 0.1) is 55.1 Å². The molecule has 10 aromatic rings. The first kappa shape index (κ1) is 110. The van der Waals surface area contributed by atoms with Gasteiger partial charge in [-0.15, -0.1) is 23.2 Å². The van der Waals surface area contributed by atoms with Crippen LogP contribution in [0, 0.1) is 27.7 Å². The minimum atomic E-state index is -1.91. The fourth-order valence-electron chi connectivity index (χ4n) is 25.8. The summed E-state index contributed by atoms with van der Waals surface area (Å²) in [6, 6.07) is 94.6. The van der Waals surface area contributed by atoms with E-state index in [2.05, 4.69) is 295 Å². The van der Waals surface area contributed by atoms with Gasteiger partial charge >= 0.3 is 266 Å². The van der Waals surface area contributed by atoms with Crippen LogP contribution in [0.5, 0.6) is 0 Å². The van der Waals surface area contributed by atoms with Gasteiger partial charge in [-0.2, -0.15) is 0 Å². The molecule has 0 spiro atoms. The van der Waals surface area contributed by atoms with Crippen molar-refractivity contribution in [1.29, 1.82) is 0 Å². The van der Waals surface area contributed by atoms with Crippen LogP contribution in [-0.2, 0) is 27.0 Å². The molecule has 0 aromatic heterocycles. The Kier molecular flexibility index (Phi) is 48.5. The summed E-state index contributed by atoms with van der Waals surface area (Å²) in [6.07, 6.45) is 75.6. The zero-order valence-electron chi connectivity index (χ0n) is 83.7. The van der Waals surface area contributed by atoms with Crippen LogP contribution in [0.2, 0.25) is 0 Å². The fraction of sp³-hybridized carbons (Fsp3) is 0.472. The van der Waals surface area contributed by atoms with Gasteiger partial charge < -0.3 is 0 Å². The minimum absolute atomic E-state index is 0.0465. The van der Waals surface area contributed by atoms with Crippen molar-refractivity contribution in [2.45, 2.75) is 368 Å². The smallest absolute Gasteiger partial charge is 0.102 e. The van der Waals surface area contributed by atoms with E-state index in [-0.39, 0.29) is 21.2 Å². The summed E-state index contributed by atoms with van der Waals surface area (Å²) < 4.78 is 2.26. The predicted molar refractivity (Wildman–Crippen MR) is 626 cm³/mol. The van der Waals surface area contributed by atoms with Crippen molar-refractivity contribution in [2.75, 3.05) is 5.34 Å². The Bertz CT molecular complexity index is 4570. The summed E-state index contributed by atoms with van der Waals surface area (Å²) in [5.74, 6) is 0. The summed E-state index contributed by atoms with van der Waals surface area (Å²) in [5, 5.41) is 8.81. The molecular formula is C125H163Cl6P5Ru2+4. The number of fused-ring (bicyclic) bond motifs is 2. The minimum Gasteiger partial charge on any atom is -0.109 e. The number of hydrogen-bond donors (Lipinski definition) is 0. The molecule has 0 unspecified atom stereocenters. The van der Waals surface area contributed by atoms with Gasteiger partial charge in [0.15, 0.2) is 0 Å². The zero-order valence-corrected chi connectivity index (χ0v) is 96.6. The molecule has 0 heterocycles. The van der Waals surface area contributed by atoms with Crippen LogP contribution >= 0.6 is 102 Å². The number of alkyl halides is 2. The maximum absolute atomic E-state index is 6.27. The molecule has 0 saturated heterocycles. The Morgan fingerprint density at radius 3 is 0.587 bits per heavy atom. The maximum Gasteiger partial charge on any atom is 0.102 e. The van der Waals surface area contributed by atoms with E-state index < -0.39 is 42.9 Å². The third-order valence-electron chi connectivity index (χ3n) is 32.1. The summed E-state index contributed by atoms with van der Waals surface area (Å²) >= 11 is 5.70. The Hall–Kier alpha value is -3.44. The number of aryl methyl sites for hydroxylation is 4. The van der Waals surface area contributed by atoms with Crippen LogP contribution in [0.15, 0.2) is 279 Å². The van der Waals surface area contributed by atoms with E-state index >= 15 is 0 Å². The summed E-state index contributed by atoms with van der Waals surface area (Å²) in [7, 11) is 23.6. The van der Waals surface area contributed by atoms with Crippen LogP contribution in [0.3, 0.4) is 0 Å². The molecule has 138 heavy (non-hydrogen) atoms. The SMILES string of the molecule is C1CCC(P(C2CCCCC2)C2CCCCC2)CC1.C1CCC([PH+](C2CCCCC2)C2CCCCC2)CC1.C1CCC([PH+](C2CCCCC2)C2CCCCC2)CC1.Cc1cccc(C)c1C1=C[C](=[Ru]([Cl])[Cl])c2ccccc21.Cc1cccc(C)c1C1=C[C](=[Ru]([Cl])[Cl])c2ccccc21.ClCCl.c1ccc([PH+](c2ccccc2)c2ccccc2)cc1.c1ccc([PH+](c2ccccc2)c2ccccc2)cc1. The number of benzene rings is 10. The average Bonchev–Trinajstić information content (AvgIpc) is 1.62. The first-order valence-electron chi connectivity index (χ1n) is 54.0. The van der Waals surface area contributed by atoms with E-state index in [1.807, 2.05) is 12.1 Å². The molecule has 0 radical (unpaired) electrons. The molecule has 0 amide bonds. The van der Waals surface area contributed by atoms with Crippen LogP contribution < -0.4 is 31.8 Å². The molecule has 0 N–H and O–H groups in total. The first-order valence-corrected chi connectivity index (χ1v) is 73.8. The molecule has 11 aliphatic rings. The van der Waals surface area contributed by atoms with Crippen molar-refractivity contribution in [2.24, 2.45) is 0 Å². The molecule has 9 fully saturated rings. The third-order valence-corrected chi connectivity index (χ3v) is 57.0. The van der Waals surface area contributed by atoms with Crippen molar-refractivity contribution < 1.29 is 27.0 Å². The Morgan fingerprint density at radius 1 is 0.225 bits per heavy atom. The van der Waals surface area contributed by atoms with Crippen LogP contribution in [-0.4, -0.2) is 64.5 Å². The molecule has 0 nitrogen and oxygen atoms in total. The van der Waals surface area contributed by atoms with E-state index in [4.69, 9.17) is 62.0 Å². The molecule has 13 heteroatoms. The summed E-state index contributed by atoms with van der Waals surface area (Å²) in [4.78, 5) is 0. The fourth-order valence-corrected chi connectivity index (χ4v) is 51.0. The second-order valence-corrected chi connectivity index (χ2v) is 68.5. The molecule has 10 aromatic carbocycles. The zero-order chi connectivity index (χ0) is 95.8. The number of rotatable bonds is 17. The second kappa shape index (κ2) is 60.7. The monoisotopic (exact) mass is 2230 g/mol. The Balaban J connectivity index is 0.000000128. The van der Waals surface area contributed by atoms with Gasteiger partial charge in [-0.05, 0) is 282 Å². The maximum atomic E-state index is 6.27. The van der Waals surface area contributed by atoms with Gasteiger partial charge in [-0.25, -0.2) is 0 Å². The van der Waals surface area contributed by atoms with E-state index in [9.17, 15) is 0 Å². The number of halogens is 6. The standard InChI is InChI=1S/3C18H33P.2C18H15P.2C17H14.CH2Cl2.4ClH.2Ru/c5*1-4-10-16(11-5-1)19(17-12-6-2-7-13-17)18-14-8-3-9-15-18;2*1-12-6-5-7-13(2)17(12)16-11-10-14-8-3-4-9-15(14)16;2-1-3;;;;;;/h3*16-18H,1-15H2;2*1-15H;2*3-9,11H,1-2H3;1H2;4*1H;;/q;;;;;;;;;;;;2*+2. The van der Waals surface area contributed by atoms with Gasteiger partial charge in [0.25, 0.3) is 0 Å². The van der Waals surface area contributed by atoms with E-state index in [1.165, 1.54) is 169 Å². The van der Waals surface area contributed by atoms with Crippen LogP contribution in [0.1, 0.15) is 345 Å². The van der Waals surface area contributed by atoms with Crippen LogP contribution in [0.25, 0.3) is 11.1 Å². The van der Waals surface area contributed by atoms with Crippen molar-refractivity contribution in [3.8, 4) is 0 Å². The van der Waals surface area contributed by atoms with Crippen molar-refractivity contribution in [3.05, 3.63) is 335 Å². The Labute approximate surface area is 878 Å². The van der Waals surface area contributed by atoms with Crippen molar-refractivity contribution >= 4 is 153 Å². The molecule has 0 bridgehead atoms. The third kappa shape index (κ3) is 32.3. The summed E-state index contributed by atoms with van der Waals surface area (Å²) in [6.45, 7) is 8.61. The summed E-state index contributed by atoms with van der Waals surface area (Å²) in [5.41, 5.74) is 26.1. The van der Waals surface area contributed by atoms with Gasteiger partial charge in [0.2, 0.25) is 0 Å². The number of hydrogen-bond acceptors (Lipinski definition) is 0. The van der Waals surface area contributed by atoms with E-state index in [0.717, 1.165) is 8.21 Å². The van der Waals surface area contributed by atoms with Gasteiger partial charge in [-0.3, -0.25) is 0 Å². The number of allylic oxidation sites excluding steroid dienone is 2. The molecular weight excluding hydrogens is 2070 g/mol. The second-order valence-electron chi connectivity index (χ2n) is 41.2. The topological polar surface area (TPSA) is 0 Å². The molecule has 742 valence electrons. The van der Waals surface area contributed by atoms with E-state index in [1.54, 1.807) is 270 Å². The predicted octanol–water partition coefficient (Wildman–Crippen LogP) is 37.0. The normalized spacial score (nSPS) is 19.1. The van der Waals surface area contributed by atoms with Gasteiger partial charge in [0.1, 0.15) is 31.8 Å². The van der Waals surface area contributed by atoms with Crippen LogP contribution in [0.4, 0.5) is 0 Å². The largest absolute Gasteiger partial charge is 0.109 e. The van der Waals surface area contributed by atoms with Gasteiger partial charge in [-0.1, -0.05) is 213 Å². The van der Waals surface area contributed by atoms with Crippen molar-refractivity contribution in [1.82, 2.24) is 0 Å². The van der Waals surface area contributed by atoms with Gasteiger partial charge in [0, 0.05) is 15.8 Å². The average molecular weight is 2240 g/mol. The Morgan fingerprint density at radius 2 is 0.399 bits per heavy atom. The van der Waals surface area contributed by atoms with Crippen molar-refractivity contribution in [3.63, 3.8) is 0 Å². The first-order chi connectivity index (χ1) is 67.8. The molecule has 0 aliphatic heterocycles.